The smallest absolute Gasteiger partial charge is 0.347 e. The molecule has 0 saturated carbocycles. The highest BCUT2D eigenvalue weighted by molar-refractivity contribution is 6.38. The number of benzene rings is 2. The van der Waals surface area contributed by atoms with Gasteiger partial charge in [-0.3, -0.25) is 0 Å². The fourth-order valence-corrected chi connectivity index (χ4v) is 2.48. The molecular formula is C14H6Cl3NO2. The lowest BCUT2D eigenvalue weighted by molar-refractivity contribution is 0.518. The summed E-state index contributed by atoms with van der Waals surface area (Å²) in [5.41, 5.74) is 0.459. The van der Waals surface area contributed by atoms with Crippen LogP contribution in [0, 0.1) is 0 Å². The predicted octanol–water partition coefficient (Wildman–Crippen LogP) is 4.82. The molecule has 100 valence electrons. The number of hydrogen-bond donors (Lipinski definition) is 0. The van der Waals surface area contributed by atoms with Crippen molar-refractivity contribution in [2.24, 2.45) is 0 Å². The molecule has 0 aliphatic heterocycles. The highest BCUT2D eigenvalue weighted by atomic mass is 35.5. The lowest BCUT2D eigenvalue weighted by Crippen LogP contribution is -2.03. The summed E-state index contributed by atoms with van der Waals surface area (Å²) < 4.78 is 5.20. The molecule has 1 aromatic heterocycles. The van der Waals surface area contributed by atoms with E-state index < -0.39 is 5.63 Å². The second-order valence-corrected chi connectivity index (χ2v) is 5.38. The Bertz CT molecular complexity index is 857. The molecule has 0 N–H and O–H groups in total. The first-order valence-electron chi connectivity index (χ1n) is 5.60. The Labute approximate surface area is 128 Å². The van der Waals surface area contributed by atoms with Gasteiger partial charge in [-0.05, 0) is 36.4 Å². The Hall–Kier alpha value is -1.55. The maximum absolute atomic E-state index is 12.0. The van der Waals surface area contributed by atoms with Crippen LogP contribution in [0.5, 0.6) is 0 Å². The second-order valence-electron chi connectivity index (χ2n) is 4.10. The van der Waals surface area contributed by atoms with Crippen LogP contribution in [0.25, 0.3) is 22.4 Å². The molecule has 0 aliphatic rings. The molecule has 6 heteroatoms. The Balaban J connectivity index is 2.29. The summed E-state index contributed by atoms with van der Waals surface area (Å²) in [6.07, 6.45) is 0. The van der Waals surface area contributed by atoms with E-state index in [4.69, 9.17) is 39.2 Å². The average molecular weight is 327 g/mol. The quantitative estimate of drug-likeness (QED) is 0.644. The van der Waals surface area contributed by atoms with Crippen molar-refractivity contribution < 1.29 is 4.42 Å². The minimum absolute atomic E-state index is 0.184. The van der Waals surface area contributed by atoms with Gasteiger partial charge < -0.3 is 4.42 Å². The summed E-state index contributed by atoms with van der Waals surface area (Å²) in [5, 5.41) is 1.49. The molecule has 0 radical (unpaired) electrons. The zero-order valence-electron chi connectivity index (χ0n) is 9.86. The van der Waals surface area contributed by atoms with Crippen LogP contribution in [0.4, 0.5) is 0 Å². The standard InChI is InChI=1S/C14H6Cl3NO2/c15-8-3-1-7(2-4-8)13-18-12-10(14(19)20-13)5-9(16)6-11(12)17/h1-6H. The van der Waals surface area contributed by atoms with Gasteiger partial charge in [0.2, 0.25) is 5.89 Å². The highest BCUT2D eigenvalue weighted by Crippen LogP contribution is 2.27. The number of aromatic nitrogens is 1. The molecule has 0 amide bonds. The van der Waals surface area contributed by atoms with Crippen molar-refractivity contribution in [1.82, 2.24) is 4.98 Å². The fourth-order valence-electron chi connectivity index (χ4n) is 1.82. The Morgan fingerprint density at radius 3 is 2.35 bits per heavy atom. The van der Waals surface area contributed by atoms with Crippen molar-refractivity contribution in [1.29, 1.82) is 0 Å². The van der Waals surface area contributed by atoms with Crippen LogP contribution in [0.1, 0.15) is 0 Å². The molecule has 3 aromatic rings. The van der Waals surface area contributed by atoms with Crippen LogP contribution >= 0.6 is 34.8 Å². The number of fused-ring (bicyclic) bond motifs is 1. The monoisotopic (exact) mass is 325 g/mol. The van der Waals surface area contributed by atoms with Crippen molar-refractivity contribution in [3.8, 4) is 11.5 Å². The SMILES string of the molecule is O=c1oc(-c2ccc(Cl)cc2)nc2c(Cl)cc(Cl)cc12. The van der Waals surface area contributed by atoms with E-state index >= 15 is 0 Å². The van der Waals surface area contributed by atoms with Crippen LogP contribution in [-0.2, 0) is 0 Å². The highest BCUT2D eigenvalue weighted by Gasteiger charge is 2.12. The summed E-state index contributed by atoms with van der Waals surface area (Å²) in [6.45, 7) is 0. The molecule has 0 fully saturated rings. The molecule has 0 bridgehead atoms. The van der Waals surface area contributed by atoms with Gasteiger partial charge in [0.15, 0.2) is 0 Å². The minimum Gasteiger partial charge on any atom is -0.403 e. The molecule has 0 saturated heterocycles. The van der Waals surface area contributed by atoms with Crippen LogP contribution in [-0.4, -0.2) is 4.98 Å². The number of halogens is 3. The van der Waals surface area contributed by atoms with Crippen LogP contribution in [0.15, 0.2) is 45.6 Å². The van der Waals surface area contributed by atoms with Gasteiger partial charge in [-0.15, -0.1) is 0 Å². The van der Waals surface area contributed by atoms with E-state index in [1.54, 1.807) is 24.3 Å². The van der Waals surface area contributed by atoms with Gasteiger partial charge >= 0.3 is 5.63 Å². The van der Waals surface area contributed by atoms with Crippen LogP contribution in [0.3, 0.4) is 0 Å². The molecule has 0 unspecified atom stereocenters. The molecule has 2 aromatic carbocycles. The van der Waals surface area contributed by atoms with E-state index in [1.807, 2.05) is 0 Å². The minimum atomic E-state index is -0.538. The van der Waals surface area contributed by atoms with Crippen molar-refractivity contribution in [2.45, 2.75) is 0 Å². The van der Waals surface area contributed by atoms with E-state index in [0.717, 1.165) is 0 Å². The van der Waals surface area contributed by atoms with Gasteiger partial charge in [0, 0.05) is 15.6 Å². The zero-order valence-corrected chi connectivity index (χ0v) is 12.1. The second kappa shape index (κ2) is 5.09. The molecule has 3 nitrogen and oxygen atoms in total. The molecule has 0 atom stereocenters. The largest absolute Gasteiger partial charge is 0.403 e. The summed E-state index contributed by atoms with van der Waals surface area (Å²) in [6, 6.07) is 9.81. The van der Waals surface area contributed by atoms with Gasteiger partial charge in [-0.25, -0.2) is 9.78 Å². The van der Waals surface area contributed by atoms with E-state index in [2.05, 4.69) is 4.98 Å². The third-order valence-corrected chi connectivity index (χ3v) is 3.50. The summed E-state index contributed by atoms with van der Waals surface area (Å²) in [7, 11) is 0. The van der Waals surface area contributed by atoms with Crippen LogP contribution in [0.2, 0.25) is 15.1 Å². The lowest BCUT2D eigenvalue weighted by Gasteiger charge is -2.03. The Kier molecular flexibility index (Phi) is 3.42. The van der Waals surface area contributed by atoms with Gasteiger partial charge in [0.25, 0.3) is 0 Å². The molecule has 0 aliphatic carbocycles. The first-order valence-corrected chi connectivity index (χ1v) is 6.74. The average Bonchev–Trinajstić information content (AvgIpc) is 2.40. The van der Waals surface area contributed by atoms with Crippen molar-refractivity contribution >= 4 is 45.7 Å². The molecular weight excluding hydrogens is 321 g/mol. The fraction of sp³-hybridized carbons (Fsp3) is 0. The van der Waals surface area contributed by atoms with Crippen molar-refractivity contribution in [3.63, 3.8) is 0 Å². The van der Waals surface area contributed by atoms with E-state index in [-0.39, 0.29) is 11.3 Å². The topological polar surface area (TPSA) is 43.1 Å². The molecule has 20 heavy (non-hydrogen) atoms. The maximum Gasteiger partial charge on any atom is 0.347 e. The zero-order chi connectivity index (χ0) is 14.3. The van der Waals surface area contributed by atoms with Crippen molar-refractivity contribution in [2.75, 3.05) is 0 Å². The summed E-state index contributed by atoms with van der Waals surface area (Å²) >= 11 is 17.8. The lowest BCUT2D eigenvalue weighted by atomic mass is 10.2. The van der Waals surface area contributed by atoms with Gasteiger partial charge in [-0.2, -0.15) is 0 Å². The third kappa shape index (κ3) is 2.40. The molecule has 3 rings (SSSR count). The Morgan fingerprint density at radius 2 is 1.65 bits per heavy atom. The number of nitrogens with zero attached hydrogens (tertiary/aromatic N) is 1. The van der Waals surface area contributed by atoms with Crippen LogP contribution < -0.4 is 5.63 Å². The predicted molar refractivity (Wildman–Crippen MR) is 80.7 cm³/mol. The van der Waals surface area contributed by atoms with Gasteiger partial charge in [0.1, 0.15) is 5.52 Å². The van der Waals surface area contributed by atoms with Gasteiger partial charge in [0.05, 0.1) is 10.4 Å². The summed E-state index contributed by atoms with van der Waals surface area (Å²) in [4.78, 5) is 16.3. The van der Waals surface area contributed by atoms with Crippen molar-refractivity contribution in [3.05, 3.63) is 61.9 Å². The normalized spacial score (nSPS) is 10.9. The van der Waals surface area contributed by atoms with E-state index in [9.17, 15) is 4.79 Å². The Morgan fingerprint density at radius 1 is 0.950 bits per heavy atom. The summed E-state index contributed by atoms with van der Waals surface area (Å²) in [5.74, 6) is 0.184. The number of rotatable bonds is 1. The first kappa shape index (κ1) is 13.4. The van der Waals surface area contributed by atoms with E-state index in [1.165, 1.54) is 12.1 Å². The third-order valence-electron chi connectivity index (χ3n) is 2.74. The number of hydrogen-bond acceptors (Lipinski definition) is 3. The first-order chi connectivity index (χ1) is 9.54. The van der Waals surface area contributed by atoms with E-state index in [0.29, 0.717) is 26.1 Å². The molecule has 0 spiro atoms. The van der Waals surface area contributed by atoms with Gasteiger partial charge in [-0.1, -0.05) is 34.8 Å². The molecule has 1 heterocycles. The maximum atomic E-state index is 12.0.